The van der Waals surface area contributed by atoms with Crippen molar-refractivity contribution in [2.75, 3.05) is 6.54 Å². The topological polar surface area (TPSA) is 72.7 Å². The van der Waals surface area contributed by atoms with Gasteiger partial charge in [0.25, 0.3) is 0 Å². The zero-order chi connectivity index (χ0) is 10.7. The van der Waals surface area contributed by atoms with Crippen LogP contribution >= 0.6 is 11.8 Å². The average molecular weight is 227 g/mol. The van der Waals surface area contributed by atoms with E-state index in [2.05, 4.69) is 20.8 Å². The van der Waals surface area contributed by atoms with E-state index in [1.807, 2.05) is 0 Å². The third-order valence-corrected chi connectivity index (χ3v) is 3.60. The van der Waals surface area contributed by atoms with Crippen LogP contribution in [0.2, 0.25) is 0 Å². The first kappa shape index (κ1) is 10.4. The molecule has 1 N–H and O–H groups in total. The van der Waals surface area contributed by atoms with Crippen LogP contribution < -0.4 is 5.32 Å². The summed E-state index contributed by atoms with van der Waals surface area (Å²) in [5.74, 6) is 0.0977. The molecule has 0 spiro atoms. The van der Waals surface area contributed by atoms with Crippen molar-refractivity contribution in [3.8, 4) is 0 Å². The highest BCUT2D eigenvalue weighted by atomic mass is 32.2. The van der Waals surface area contributed by atoms with Crippen LogP contribution in [0.4, 0.5) is 0 Å². The lowest BCUT2D eigenvalue weighted by atomic mass is 10.2. The zero-order valence-electron chi connectivity index (χ0n) is 8.51. The Bertz CT molecular complexity index is 353. The molecule has 1 atom stereocenters. The Balaban J connectivity index is 2.03. The molecule has 0 bridgehead atoms. The number of nitrogens with zero attached hydrogens (tertiary/aromatic N) is 4. The van der Waals surface area contributed by atoms with E-state index in [-0.39, 0.29) is 11.2 Å². The van der Waals surface area contributed by atoms with Gasteiger partial charge in [-0.2, -0.15) is 0 Å². The molecule has 1 aromatic heterocycles. The second-order valence-corrected chi connectivity index (χ2v) is 4.65. The summed E-state index contributed by atoms with van der Waals surface area (Å²) in [4.78, 5) is 11.6. The van der Waals surface area contributed by atoms with E-state index >= 15 is 0 Å². The van der Waals surface area contributed by atoms with Crippen molar-refractivity contribution in [2.24, 2.45) is 7.05 Å². The lowest BCUT2D eigenvalue weighted by molar-refractivity contribution is -0.120. The van der Waals surface area contributed by atoms with Gasteiger partial charge in [-0.25, -0.2) is 4.68 Å². The highest BCUT2D eigenvalue weighted by Crippen LogP contribution is 2.25. The number of tetrazole rings is 1. The van der Waals surface area contributed by atoms with Crippen molar-refractivity contribution in [2.45, 2.75) is 29.7 Å². The molecule has 1 unspecified atom stereocenters. The van der Waals surface area contributed by atoms with E-state index in [0.717, 1.165) is 25.8 Å². The second kappa shape index (κ2) is 4.61. The number of hydrogen-bond donors (Lipinski definition) is 1. The predicted molar refractivity (Wildman–Crippen MR) is 55.3 cm³/mol. The van der Waals surface area contributed by atoms with Crippen LogP contribution in [0.25, 0.3) is 0 Å². The Morgan fingerprint density at radius 1 is 1.53 bits per heavy atom. The molecule has 1 aliphatic rings. The molecule has 0 radical (unpaired) electrons. The van der Waals surface area contributed by atoms with Gasteiger partial charge in [0.05, 0.1) is 5.25 Å². The van der Waals surface area contributed by atoms with Crippen molar-refractivity contribution in [3.05, 3.63) is 0 Å². The Labute approximate surface area is 91.8 Å². The molecule has 1 fully saturated rings. The minimum atomic E-state index is -0.0581. The Morgan fingerprint density at radius 3 is 3.13 bits per heavy atom. The molecule has 2 heterocycles. The normalized spacial score (nSPS) is 22.2. The van der Waals surface area contributed by atoms with E-state index < -0.39 is 0 Å². The van der Waals surface area contributed by atoms with Crippen molar-refractivity contribution < 1.29 is 4.79 Å². The van der Waals surface area contributed by atoms with Gasteiger partial charge in [0.2, 0.25) is 11.1 Å². The molecule has 2 rings (SSSR count). The first-order chi connectivity index (χ1) is 7.27. The fourth-order valence-electron chi connectivity index (χ4n) is 1.47. The molecule has 15 heavy (non-hydrogen) atoms. The number of aryl methyl sites for hydroxylation is 1. The summed E-state index contributed by atoms with van der Waals surface area (Å²) in [6.45, 7) is 0.785. The van der Waals surface area contributed by atoms with Gasteiger partial charge in [-0.3, -0.25) is 4.79 Å². The molecular formula is C8H13N5OS. The molecule has 0 saturated carbocycles. The molecule has 1 aromatic rings. The summed E-state index contributed by atoms with van der Waals surface area (Å²) < 4.78 is 1.59. The van der Waals surface area contributed by atoms with Crippen LogP contribution in [-0.2, 0) is 11.8 Å². The van der Waals surface area contributed by atoms with Gasteiger partial charge < -0.3 is 5.32 Å². The number of thioether (sulfide) groups is 1. The molecular weight excluding hydrogens is 214 g/mol. The van der Waals surface area contributed by atoms with Gasteiger partial charge in [0.1, 0.15) is 0 Å². The maximum absolute atomic E-state index is 11.6. The predicted octanol–water partition coefficient (Wildman–Crippen LogP) is -0.0291. The van der Waals surface area contributed by atoms with E-state index in [9.17, 15) is 4.79 Å². The van der Waals surface area contributed by atoms with Crippen LogP contribution in [0.5, 0.6) is 0 Å². The van der Waals surface area contributed by atoms with Crippen LogP contribution in [-0.4, -0.2) is 37.9 Å². The van der Waals surface area contributed by atoms with E-state index in [1.54, 1.807) is 11.7 Å². The quantitative estimate of drug-likeness (QED) is 0.768. The minimum absolute atomic E-state index is 0.0581. The zero-order valence-corrected chi connectivity index (χ0v) is 9.33. The van der Waals surface area contributed by atoms with E-state index in [1.165, 1.54) is 11.8 Å². The van der Waals surface area contributed by atoms with Crippen LogP contribution in [0.1, 0.15) is 19.3 Å². The van der Waals surface area contributed by atoms with Crippen molar-refractivity contribution in [1.82, 2.24) is 25.5 Å². The van der Waals surface area contributed by atoms with Gasteiger partial charge in [-0.1, -0.05) is 18.2 Å². The van der Waals surface area contributed by atoms with E-state index in [4.69, 9.17) is 0 Å². The summed E-state index contributed by atoms with van der Waals surface area (Å²) in [7, 11) is 1.77. The number of carbonyl (C=O) groups excluding carboxylic acids is 1. The first-order valence-electron chi connectivity index (χ1n) is 4.94. The third-order valence-electron chi connectivity index (χ3n) is 2.31. The molecule has 1 aliphatic heterocycles. The summed E-state index contributed by atoms with van der Waals surface area (Å²) in [6.07, 6.45) is 3.02. The Hall–Kier alpha value is -1.11. The number of aromatic nitrogens is 4. The summed E-state index contributed by atoms with van der Waals surface area (Å²) in [5, 5.41) is 14.7. The fourth-order valence-corrected chi connectivity index (χ4v) is 2.47. The van der Waals surface area contributed by atoms with Gasteiger partial charge in [0.15, 0.2) is 0 Å². The van der Waals surface area contributed by atoms with Crippen molar-refractivity contribution >= 4 is 17.7 Å². The van der Waals surface area contributed by atoms with Gasteiger partial charge in [-0.15, -0.1) is 5.10 Å². The number of hydrogen-bond acceptors (Lipinski definition) is 5. The summed E-state index contributed by atoms with van der Waals surface area (Å²) in [5.41, 5.74) is 0. The number of amides is 1. The number of nitrogens with one attached hydrogen (secondary N) is 1. The van der Waals surface area contributed by atoms with Crippen LogP contribution in [0, 0.1) is 0 Å². The van der Waals surface area contributed by atoms with Crippen molar-refractivity contribution in [3.63, 3.8) is 0 Å². The maximum Gasteiger partial charge on any atom is 0.233 e. The van der Waals surface area contributed by atoms with Crippen molar-refractivity contribution in [1.29, 1.82) is 0 Å². The lowest BCUT2D eigenvalue weighted by Crippen LogP contribution is -2.30. The SMILES string of the molecule is Cn1nnnc1SC1CCCCNC1=O. The standard InChI is InChI=1S/C8H13N5OS/c1-13-8(10-11-12-13)15-6-4-2-3-5-9-7(6)14/h6H,2-5H2,1H3,(H,9,14). The molecule has 7 heteroatoms. The minimum Gasteiger partial charge on any atom is -0.355 e. The van der Waals surface area contributed by atoms with E-state index in [0.29, 0.717) is 5.16 Å². The highest BCUT2D eigenvalue weighted by molar-refractivity contribution is 8.00. The van der Waals surface area contributed by atoms with Gasteiger partial charge in [0, 0.05) is 13.6 Å². The fraction of sp³-hybridized carbons (Fsp3) is 0.750. The molecule has 1 amide bonds. The van der Waals surface area contributed by atoms with Crippen LogP contribution in [0.15, 0.2) is 5.16 Å². The first-order valence-corrected chi connectivity index (χ1v) is 5.82. The Kier molecular flexibility index (Phi) is 3.20. The maximum atomic E-state index is 11.6. The van der Waals surface area contributed by atoms with Gasteiger partial charge >= 0.3 is 0 Å². The number of rotatable bonds is 2. The molecule has 82 valence electrons. The summed E-state index contributed by atoms with van der Waals surface area (Å²) >= 11 is 1.43. The monoisotopic (exact) mass is 227 g/mol. The summed E-state index contributed by atoms with van der Waals surface area (Å²) in [6, 6.07) is 0. The molecule has 6 nitrogen and oxygen atoms in total. The number of carbonyl (C=O) groups is 1. The molecule has 0 aliphatic carbocycles. The Morgan fingerprint density at radius 2 is 2.40 bits per heavy atom. The van der Waals surface area contributed by atoms with Crippen LogP contribution in [0.3, 0.4) is 0 Å². The highest BCUT2D eigenvalue weighted by Gasteiger charge is 2.23. The smallest absolute Gasteiger partial charge is 0.233 e. The molecule has 0 aromatic carbocycles. The lowest BCUT2D eigenvalue weighted by Gasteiger charge is -2.10. The third kappa shape index (κ3) is 2.47. The second-order valence-electron chi connectivity index (χ2n) is 3.48. The average Bonchev–Trinajstić information content (AvgIpc) is 2.50. The molecule has 1 saturated heterocycles. The van der Waals surface area contributed by atoms with Gasteiger partial charge in [-0.05, 0) is 23.3 Å². The largest absolute Gasteiger partial charge is 0.355 e.